The van der Waals surface area contributed by atoms with Crippen LogP contribution in [0.25, 0.3) is 0 Å². The zero-order valence-electron chi connectivity index (χ0n) is 16.6. The number of piperidine rings is 1. The molecule has 0 saturated carbocycles. The molecule has 0 aromatic carbocycles. The predicted octanol–water partition coefficient (Wildman–Crippen LogP) is 2.79. The highest BCUT2D eigenvalue weighted by Crippen LogP contribution is 2.25. The Balaban J connectivity index is 1.89. The van der Waals surface area contributed by atoms with Crippen molar-refractivity contribution in [1.82, 2.24) is 15.1 Å². The lowest BCUT2D eigenvalue weighted by Crippen LogP contribution is -2.52. The van der Waals surface area contributed by atoms with Crippen molar-refractivity contribution in [1.29, 1.82) is 0 Å². The molecule has 0 aromatic heterocycles. The number of amides is 2. The van der Waals surface area contributed by atoms with Crippen LogP contribution in [0.4, 0.5) is 0 Å². The van der Waals surface area contributed by atoms with Gasteiger partial charge >= 0.3 is 0 Å². The Morgan fingerprint density at radius 1 is 1.08 bits per heavy atom. The van der Waals surface area contributed by atoms with Crippen LogP contribution in [0.5, 0.6) is 0 Å². The van der Waals surface area contributed by atoms with E-state index in [0.717, 1.165) is 32.5 Å². The number of hydrogen-bond acceptors (Lipinski definition) is 3. The molecule has 2 rings (SSSR count). The molecule has 2 saturated heterocycles. The molecule has 2 fully saturated rings. The highest BCUT2D eigenvalue weighted by atomic mass is 16.2. The normalized spacial score (nSPS) is 25.2. The molecule has 2 aliphatic heterocycles. The van der Waals surface area contributed by atoms with Crippen LogP contribution in [-0.2, 0) is 9.59 Å². The minimum atomic E-state index is -0.427. The van der Waals surface area contributed by atoms with Crippen LogP contribution >= 0.6 is 0 Å². The van der Waals surface area contributed by atoms with E-state index < -0.39 is 5.41 Å². The number of nitrogens with zero attached hydrogens (tertiary/aromatic N) is 2. The van der Waals surface area contributed by atoms with Gasteiger partial charge in [-0.05, 0) is 45.2 Å². The first-order chi connectivity index (χ1) is 11.8. The predicted molar refractivity (Wildman–Crippen MR) is 101 cm³/mol. The summed E-state index contributed by atoms with van der Waals surface area (Å²) < 4.78 is 0. The average Bonchev–Trinajstić information content (AvgIpc) is 3.06. The van der Waals surface area contributed by atoms with Gasteiger partial charge in [0.25, 0.3) is 0 Å². The van der Waals surface area contributed by atoms with Gasteiger partial charge in [0.2, 0.25) is 11.8 Å². The van der Waals surface area contributed by atoms with E-state index in [4.69, 9.17) is 0 Å². The molecule has 2 amide bonds. The van der Waals surface area contributed by atoms with Gasteiger partial charge in [-0.1, -0.05) is 40.5 Å². The third-order valence-electron chi connectivity index (χ3n) is 5.52. The van der Waals surface area contributed by atoms with Crippen molar-refractivity contribution in [2.45, 2.75) is 84.7 Å². The van der Waals surface area contributed by atoms with E-state index in [9.17, 15) is 9.59 Å². The van der Waals surface area contributed by atoms with Crippen molar-refractivity contribution in [2.24, 2.45) is 5.41 Å². The summed E-state index contributed by atoms with van der Waals surface area (Å²) in [5.74, 6) is 0.128. The van der Waals surface area contributed by atoms with Crippen molar-refractivity contribution in [3.8, 4) is 0 Å². The summed E-state index contributed by atoms with van der Waals surface area (Å²) in [7, 11) is 0. The lowest BCUT2D eigenvalue weighted by Gasteiger charge is -2.36. The first-order valence-corrected chi connectivity index (χ1v) is 10.2. The van der Waals surface area contributed by atoms with Crippen LogP contribution in [0.2, 0.25) is 0 Å². The summed E-state index contributed by atoms with van der Waals surface area (Å²) in [6.45, 7) is 11.7. The Morgan fingerprint density at radius 2 is 1.84 bits per heavy atom. The Hall–Kier alpha value is -1.10. The van der Waals surface area contributed by atoms with E-state index in [1.807, 2.05) is 20.8 Å². The Morgan fingerprint density at radius 3 is 2.52 bits per heavy atom. The second-order valence-corrected chi connectivity index (χ2v) is 8.69. The standard InChI is InChI=1S/C20H37N3O2/c1-5-6-12-22-13-8-7-10-16(22)15-21-18(24)17-11-9-14-23(17)19(25)20(2,3)4/h16-17H,5-15H2,1-4H3,(H,21,24). The van der Waals surface area contributed by atoms with Crippen LogP contribution in [0.3, 0.4) is 0 Å². The zero-order chi connectivity index (χ0) is 18.4. The third kappa shape index (κ3) is 5.44. The Bertz CT molecular complexity index is 458. The fourth-order valence-electron chi connectivity index (χ4n) is 4.00. The van der Waals surface area contributed by atoms with E-state index in [1.165, 1.54) is 32.1 Å². The summed E-state index contributed by atoms with van der Waals surface area (Å²) in [6, 6.07) is 0.178. The fourth-order valence-corrected chi connectivity index (χ4v) is 4.00. The Labute approximate surface area is 153 Å². The summed E-state index contributed by atoms with van der Waals surface area (Å²) in [4.78, 5) is 29.7. The number of carbonyl (C=O) groups excluding carboxylic acids is 2. The van der Waals surface area contributed by atoms with Crippen molar-refractivity contribution < 1.29 is 9.59 Å². The molecule has 2 aliphatic rings. The second kappa shape index (κ2) is 9.02. The first kappa shape index (κ1) is 20.2. The van der Waals surface area contributed by atoms with Gasteiger partial charge in [-0.2, -0.15) is 0 Å². The monoisotopic (exact) mass is 351 g/mol. The maximum atomic E-state index is 12.7. The van der Waals surface area contributed by atoms with Gasteiger partial charge in [0.15, 0.2) is 0 Å². The number of hydrogen-bond donors (Lipinski definition) is 1. The van der Waals surface area contributed by atoms with Gasteiger partial charge < -0.3 is 10.2 Å². The van der Waals surface area contributed by atoms with E-state index in [0.29, 0.717) is 12.6 Å². The molecule has 0 aromatic rings. The minimum absolute atomic E-state index is 0.0381. The molecule has 2 atom stereocenters. The molecule has 0 radical (unpaired) electrons. The topological polar surface area (TPSA) is 52.7 Å². The molecular formula is C20H37N3O2. The first-order valence-electron chi connectivity index (χ1n) is 10.2. The van der Waals surface area contributed by atoms with Gasteiger partial charge in [-0.3, -0.25) is 14.5 Å². The highest BCUT2D eigenvalue weighted by molar-refractivity contribution is 5.90. The maximum Gasteiger partial charge on any atom is 0.242 e. The second-order valence-electron chi connectivity index (χ2n) is 8.69. The van der Waals surface area contributed by atoms with E-state index in [-0.39, 0.29) is 17.9 Å². The van der Waals surface area contributed by atoms with Gasteiger partial charge in [0.05, 0.1) is 0 Å². The van der Waals surface area contributed by atoms with Crippen LogP contribution in [0.15, 0.2) is 0 Å². The van der Waals surface area contributed by atoms with Crippen LogP contribution in [-0.4, -0.2) is 59.9 Å². The molecule has 0 aliphatic carbocycles. The quantitative estimate of drug-likeness (QED) is 0.800. The molecule has 144 valence electrons. The molecule has 2 heterocycles. The van der Waals surface area contributed by atoms with Crippen molar-refractivity contribution in [3.05, 3.63) is 0 Å². The Kier molecular flexibility index (Phi) is 7.29. The molecule has 0 bridgehead atoms. The largest absolute Gasteiger partial charge is 0.353 e. The van der Waals surface area contributed by atoms with Crippen molar-refractivity contribution in [2.75, 3.05) is 26.2 Å². The number of likely N-dealkylation sites (tertiary alicyclic amines) is 2. The lowest BCUT2D eigenvalue weighted by molar-refractivity contribution is -0.144. The summed E-state index contributed by atoms with van der Waals surface area (Å²) >= 11 is 0. The van der Waals surface area contributed by atoms with Crippen LogP contribution < -0.4 is 5.32 Å². The third-order valence-corrected chi connectivity index (χ3v) is 5.52. The van der Waals surface area contributed by atoms with Crippen molar-refractivity contribution >= 4 is 11.8 Å². The lowest BCUT2D eigenvalue weighted by atomic mass is 9.94. The highest BCUT2D eigenvalue weighted by Gasteiger charge is 2.38. The minimum Gasteiger partial charge on any atom is -0.353 e. The summed E-state index contributed by atoms with van der Waals surface area (Å²) in [6.07, 6.45) is 7.83. The van der Waals surface area contributed by atoms with Gasteiger partial charge in [-0.25, -0.2) is 0 Å². The SMILES string of the molecule is CCCCN1CCCCC1CNC(=O)C1CCCN1C(=O)C(C)(C)C. The fraction of sp³-hybridized carbons (Fsp3) is 0.900. The zero-order valence-corrected chi connectivity index (χ0v) is 16.6. The number of rotatable bonds is 6. The van der Waals surface area contributed by atoms with Gasteiger partial charge in [0.1, 0.15) is 6.04 Å². The smallest absolute Gasteiger partial charge is 0.242 e. The maximum absolute atomic E-state index is 12.7. The summed E-state index contributed by atoms with van der Waals surface area (Å²) in [5, 5.41) is 3.16. The molecule has 2 unspecified atom stereocenters. The molecular weight excluding hydrogens is 314 g/mol. The van der Waals surface area contributed by atoms with Crippen LogP contribution in [0.1, 0.15) is 72.6 Å². The van der Waals surface area contributed by atoms with E-state index in [1.54, 1.807) is 4.90 Å². The van der Waals surface area contributed by atoms with Crippen molar-refractivity contribution in [3.63, 3.8) is 0 Å². The average molecular weight is 352 g/mol. The van der Waals surface area contributed by atoms with E-state index >= 15 is 0 Å². The number of carbonyl (C=O) groups is 2. The van der Waals surface area contributed by atoms with Gasteiger partial charge in [-0.15, -0.1) is 0 Å². The van der Waals surface area contributed by atoms with E-state index in [2.05, 4.69) is 17.1 Å². The molecule has 5 heteroatoms. The molecule has 1 N–H and O–H groups in total. The number of nitrogens with one attached hydrogen (secondary N) is 1. The number of unbranched alkanes of at least 4 members (excludes halogenated alkanes) is 1. The molecule has 25 heavy (non-hydrogen) atoms. The summed E-state index contributed by atoms with van der Waals surface area (Å²) in [5.41, 5.74) is -0.427. The molecule has 0 spiro atoms. The van der Waals surface area contributed by atoms with Gasteiger partial charge in [0, 0.05) is 24.5 Å². The molecule has 5 nitrogen and oxygen atoms in total. The van der Waals surface area contributed by atoms with Crippen LogP contribution in [0, 0.1) is 5.41 Å².